The minimum atomic E-state index is 0.0543. The van der Waals surface area contributed by atoms with Crippen molar-refractivity contribution < 1.29 is 4.74 Å². The predicted octanol–water partition coefficient (Wildman–Crippen LogP) is 3.76. The van der Waals surface area contributed by atoms with Gasteiger partial charge in [0.1, 0.15) is 11.9 Å². The first-order chi connectivity index (χ1) is 7.54. The Hall–Kier alpha value is -0.440. The normalized spacial score (nSPS) is 14.6. The maximum Gasteiger partial charge on any atom is 0.138 e. The minimum absolute atomic E-state index is 0.0543. The number of nitrogens with one attached hydrogen (secondary N) is 1. The molecule has 1 aromatic rings. The third-order valence-corrected chi connectivity index (χ3v) is 2.97. The highest BCUT2D eigenvalue weighted by atomic mass is 35.5. The highest BCUT2D eigenvalue weighted by Crippen LogP contribution is 2.28. The maximum atomic E-state index is 6.03. The molecule has 0 radical (unpaired) electrons. The lowest BCUT2D eigenvalue weighted by molar-refractivity contribution is 0.179. The average molecular weight is 262 g/mol. The van der Waals surface area contributed by atoms with E-state index in [4.69, 9.17) is 27.9 Å². The van der Waals surface area contributed by atoms with Gasteiger partial charge in [0.25, 0.3) is 0 Å². The predicted molar refractivity (Wildman–Crippen MR) is 69.7 cm³/mol. The molecule has 0 aliphatic carbocycles. The van der Waals surface area contributed by atoms with E-state index in [0.717, 1.165) is 6.54 Å². The molecular weight excluding hydrogens is 245 g/mol. The van der Waals surface area contributed by atoms with Gasteiger partial charge in [0.15, 0.2) is 0 Å². The van der Waals surface area contributed by atoms with E-state index >= 15 is 0 Å². The summed E-state index contributed by atoms with van der Waals surface area (Å²) in [6.45, 7) is 7.08. The summed E-state index contributed by atoms with van der Waals surface area (Å²) < 4.78 is 5.76. The fraction of sp³-hybridized carbons (Fsp3) is 0.500. The van der Waals surface area contributed by atoms with Crippen molar-refractivity contribution in [3.63, 3.8) is 0 Å². The number of hydrogen-bond acceptors (Lipinski definition) is 2. The molecular formula is C12H17Cl2NO. The zero-order chi connectivity index (χ0) is 12.1. The number of likely N-dealkylation sites (N-methyl/N-ethyl adjacent to an activating group) is 1. The molecule has 16 heavy (non-hydrogen) atoms. The molecule has 1 N–H and O–H groups in total. The molecule has 2 nitrogen and oxygen atoms in total. The summed E-state index contributed by atoms with van der Waals surface area (Å²) in [5.41, 5.74) is 0. The maximum absolute atomic E-state index is 6.03. The quantitative estimate of drug-likeness (QED) is 0.872. The number of hydrogen-bond donors (Lipinski definition) is 1. The van der Waals surface area contributed by atoms with Crippen LogP contribution in [0.25, 0.3) is 0 Å². The smallest absolute Gasteiger partial charge is 0.138 e. The minimum Gasteiger partial charge on any atom is -0.488 e. The van der Waals surface area contributed by atoms with Crippen molar-refractivity contribution in [2.75, 3.05) is 6.54 Å². The lowest BCUT2D eigenvalue weighted by Gasteiger charge is -2.22. The molecule has 2 unspecified atom stereocenters. The Morgan fingerprint density at radius 1 is 1.31 bits per heavy atom. The number of benzene rings is 1. The first kappa shape index (κ1) is 13.6. The van der Waals surface area contributed by atoms with Crippen molar-refractivity contribution in [2.24, 2.45) is 0 Å². The largest absolute Gasteiger partial charge is 0.488 e. The summed E-state index contributed by atoms with van der Waals surface area (Å²) in [5, 5.41) is 4.46. The van der Waals surface area contributed by atoms with Crippen molar-refractivity contribution >= 4 is 23.2 Å². The monoisotopic (exact) mass is 261 g/mol. The highest BCUT2D eigenvalue weighted by molar-refractivity contribution is 6.35. The molecule has 0 saturated heterocycles. The molecule has 0 bridgehead atoms. The van der Waals surface area contributed by atoms with Crippen LogP contribution in [0.3, 0.4) is 0 Å². The lowest BCUT2D eigenvalue weighted by atomic mass is 10.2. The molecule has 0 amide bonds. The van der Waals surface area contributed by atoms with E-state index in [1.165, 1.54) is 0 Å². The van der Waals surface area contributed by atoms with Crippen LogP contribution in [-0.4, -0.2) is 18.7 Å². The number of rotatable bonds is 5. The van der Waals surface area contributed by atoms with Gasteiger partial charge in [0.05, 0.1) is 5.02 Å². The molecule has 0 saturated carbocycles. The molecule has 90 valence electrons. The molecule has 4 heteroatoms. The van der Waals surface area contributed by atoms with Crippen LogP contribution in [0.4, 0.5) is 0 Å². The third kappa shape index (κ3) is 3.85. The van der Waals surface area contributed by atoms with Crippen LogP contribution in [0.1, 0.15) is 20.8 Å². The van der Waals surface area contributed by atoms with E-state index in [1.54, 1.807) is 18.2 Å². The van der Waals surface area contributed by atoms with Gasteiger partial charge in [0, 0.05) is 11.1 Å². The third-order valence-electron chi connectivity index (χ3n) is 2.44. The molecule has 0 aliphatic heterocycles. The van der Waals surface area contributed by atoms with Crippen LogP contribution in [0.15, 0.2) is 18.2 Å². The van der Waals surface area contributed by atoms with Crippen molar-refractivity contribution in [1.82, 2.24) is 5.32 Å². The zero-order valence-corrected chi connectivity index (χ0v) is 11.3. The SMILES string of the molecule is CCNC(C)C(C)Oc1ccc(Cl)cc1Cl. The molecule has 0 aliphatic rings. The molecule has 1 rings (SSSR count). The zero-order valence-electron chi connectivity index (χ0n) is 9.76. The summed E-state index contributed by atoms with van der Waals surface area (Å²) in [4.78, 5) is 0. The van der Waals surface area contributed by atoms with Crippen LogP contribution < -0.4 is 10.1 Å². The Morgan fingerprint density at radius 2 is 2.00 bits per heavy atom. The first-order valence-electron chi connectivity index (χ1n) is 5.39. The van der Waals surface area contributed by atoms with Crippen LogP contribution in [-0.2, 0) is 0 Å². The van der Waals surface area contributed by atoms with E-state index in [1.807, 2.05) is 6.92 Å². The summed E-state index contributed by atoms with van der Waals surface area (Å²) in [7, 11) is 0. The standard InChI is InChI=1S/C12H17Cl2NO/c1-4-15-8(2)9(3)16-12-6-5-10(13)7-11(12)14/h5-9,15H,4H2,1-3H3. The van der Waals surface area contributed by atoms with Crippen LogP contribution in [0.2, 0.25) is 10.0 Å². The van der Waals surface area contributed by atoms with Crippen LogP contribution in [0, 0.1) is 0 Å². The Morgan fingerprint density at radius 3 is 2.56 bits per heavy atom. The van der Waals surface area contributed by atoms with E-state index in [2.05, 4.69) is 19.2 Å². The van der Waals surface area contributed by atoms with E-state index in [-0.39, 0.29) is 12.1 Å². The van der Waals surface area contributed by atoms with Gasteiger partial charge in [-0.2, -0.15) is 0 Å². The van der Waals surface area contributed by atoms with Crippen molar-refractivity contribution in [1.29, 1.82) is 0 Å². The van der Waals surface area contributed by atoms with Gasteiger partial charge in [0.2, 0.25) is 0 Å². The molecule has 0 fully saturated rings. The highest BCUT2D eigenvalue weighted by Gasteiger charge is 2.14. The second-order valence-electron chi connectivity index (χ2n) is 3.74. The topological polar surface area (TPSA) is 21.3 Å². The Labute approximate surface area is 107 Å². The fourth-order valence-corrected chi connectivity index (χ4v) is 1.81. The van der Waals surface area contributed by atoms with Crippen LogP contribution >= 0.6 is 23.2 Å². The Bertz CT molecular complexity index is 344. The summed E-state index contributed by atoms with van der Waals surface area (Å²) in [6, 6.07) is 5.52. The Balaban J connectivity index is 2.65. The van der Waals surface area contributed by atoms with Crippen molar-refractivity contribution in [3.05, 3.63) is 28.2 Å². The van der Waals surface area contributed by atoms with Gasteiger partial charge in [-0.05, 0) is 38.6 Å². The molecule has 1 aromatic carbocycles. The number of halogens is 2. The Kier molecular flexibility index (Phi) is 5.39. The van der Waals surface area contributed by atoms with Gasteiger partial charge in [-0.1, -0.05) is 30.1 Å². The first-order valence-corrected chi connectivity index (χ1v) is 6.15. The van der Waals surface area contributed by atoms with Gasteiger partial charge < -0.3 is 10.1 Å². The van der Waals surface area contributed by atoms with Crippen LogP contribution in [0.5, 0.6) is 5.75 Å². The van der Waals surface area contributed by atoms with E-state index < -0.39 is 0 Å². The van der Waals surface area contributed by atoms with Gasteiger partial charge in [-0.25, -0.2) is 0 Å². The molecule has 0 heterocycles. The molecule has 0 aromatic heterocycles. The van der Waals surface area contributed by atoms with E-state index in [0.29, 0.717) is 15.8 Å². The number of ether oxygens (including phenoxy) is 1. The van der Waals surface area contributed by atoms with E-state index in [9.17, 15) is 0 Å². The summed E-state index contributed by atoms with van der Waals surface area (Å²) in [5.74, 6) is 0.670. The van der Waals surface area contributed by atoms with Gasteiger partial charge in [-0.3, -0.25) is 0 Å². The second-order valence-corrected chi connectivity index (χ2v) is 4.59. The average Bonchev–Trinajstić information content (AvgIpc) is 2.22. The van der Waals surface area contributed by atoms with Crippen molar-refractivity contribution in [2.45, 2.75) is 32.9 Å². The van der Waals surface area contributed by atoms with Gasteiger partial charge >= 0.3 is 0 Å². The lowest BCUT2D eigenvalue weighted by Crippen LogP contribution is -2.38. The summed E-state index contributed by atoms with van der Waals surface area (Å²) in [6.07, 6.45) is 0.0543. The second kappa shape index (κ2) is 6.33. The molecule has 2 atom stereocenters. The van der Waals surface area contributed by atoms with Crippen molar-refractivity contribution in [3.8, 4) is 5.75 Å². The van der Waals surface area contributed by atoms with Gasteiger partial charge in [-0.15, -0.1) is 0 Å². The summed E-state index contributed by atoms with van der Waals surface area (Å²) >= 11 is 11.8. The fourth-order valence-electron chi connectivity index (χ4n) is 1.36. The molecule has 0 spiro atoms.